The van der Waals surface area contributed by atoms with Gasteiger partial charge in [-0.3, -0.25) is 9.36 Å². The van der Waals surface area contributed by atoms with Crippen molar-refractivity contribution in [1.29, 1.82) is 0 Å². The van der Waals surface area contributed by atoms with E-state index in [0.717, 1.165) is 0 Å². The summed E-state index contributed by atoms with van der Waals surface area (Å²) in [6, 6.07) is 8.27. The highest BCUT2D eigenvalue weighted by Crippen LogP contribution is 2.31. The number of halogens is 2. The fourth-order valence-corrected chi connectivity index (χ4v) is 4.76. The molecule has 2 amide bonds. The summed E-state index contributed by atoms with van der Waals surface area (Å²) < 4.78 is 45.6. The van der Waals surface area contributed by atoms with E-state index < -0.39 is 18.3 Å². The lowest BCUT2D eigenvalue weighted by molar-refractivity contribution is -0.120. The maximum atomic E-state index is 14.1. The van der Waals surface area contributed by atoms with Gasteiger partial charge in [-0.2, -0.15) is 9.97 Å². The minimum atomic E-state index is -2.82. The predicted octanol–water partition coefficient (Wildman–Crippen LogP) is 2.36. The average molecular weight is 546 g/mol. The van der Waals surface area contributed by atoms with Crippen LogP contribution in [0.2, 0.25) is 0 Å². The van der Waals surface area contributed by atoms with Gasteiger partial charge in [0.15, 0.2) is 5.82 Å². The Bertz CT molecular complexity index is 1330. The molecule has 2 fully saturated rings. The molecular weight excluding hydrogens is 516 g/mol. The highest BCUT2D eigenvalue weighted by Gasteiger charge is 2.29. The topological polar surface area (TPSA) is 133 Å². The van der Waals surface area contributed by atoms with E-state index in [1.54, 1.807) is 24.3 Å². The number of carbonyl (C=O) groups is 2. The van der Waals surface area contributed by atoms with Crippen LogP contribution in [0.3, 0.4) is 0 Å². The fraction of sp³-hybridized carbons (Fsp3) is 0.480. The van der Waals surface area contributed by atoms with Crippen LogP contribution in [0.1, 0.15) is 31.5 Å². The number of alkyl halides is 2. The van der Waals surface area contributed by atoms with E-state index >= 15 is 0 Å². The van der Waals surface area contributed by atoms with E-state index in [9.17, 15) is 18.4 Å². The molecule has 1 aliphatic carbocycles. The molecule has 5 rings (SSSR count). The van der Waals surface area contributed by atoms with Crippen LogP contribution in [0, 0.1) is 0 Å². The smallest absolute Gasteiger partial charge is 0.407 e. The average Bonchev–Trinajstić information content (AvgIpc) is 3.56. The second-order valence-corrected chi connectivity index (χ2v) is 9.22. The zero-order valence-electron chi connectivity index (χ0n) is 21.3. The van der Waals surface area contributed by atoms with Gasteiger partial charge in [0.1, 0.15) is 18.5 Å². The third-order valence-corrected chi connectivity index (χ3v) is 6.60. The van der Waals surface area contributed by atoms with E-state index in [1.165, 1.54) is 17.7 Å². The number of morpholine rings is 1. The van der Waals surface area contributed by atoms with Gasteiger partial charge in [-0.1, -0.05) is 12.1 Å². The zero-order chi connectivity index (χ0) is 27.4. The van der Waals surface area contributed by atoms with Gasteiger partial charge in [-0.25, -0.2) is 18.6 Å². The van der Waals surface area contributed by atoms with E-state index in [1.807, 2.05) is 4.90 Å². The number of ether oxygens (including phenoxy) is 3. The van der Waals surface area contributed by atoms with Gasteiger partial charge in [-0.05, 0) is 25.0 Å². The molecule has 2 N–H and O–H groups in total. The predicted molar refractivity (Wildman–Crippen MR) is 135 cm³/mol. The normalized spacial score (nSPS) is 19.3. The minimum absolute atomic E-state index is 0.148. The molecule has 208 valence electrons. The Balaban J connectivity index is 1.39. The molecule has 14 heteroatoms. The van der Waals surface area contributed by atoms with Crippen molar-refractivity contribution in [1.82, 2.24) is 30.2 Å². The van der Waals surface area contributed by atoms with Gasteiger partial charge in [0.2, 0.25) is 17.7 Å². The van der Waals surface area contributed by atoms with Gasteiger partial charge in [0.05, 0.1) is 31.4 Å². The monoisotopic (exact) mass is 545 g/mol. The Kier molecular flexibility index (Phi) is 8.00. The van der Waals surface area contributed by atoms with Crippen LogP contribution >= 0.6 is 0 Å². The number of amides is 2. The maximum absolute atomic E-state index is 14.1. The quantitative estimate of drug-likeness (QED) is 0.438. The van der Waals surface area contributed by atoms with E-state index in [2.05, 4.69) is 30.3 Å². The van der Waals surface area contributed by atoms with Crippen LogP contribution in [-0.2, 0) is 14.3 Å². The molecule has 3 aromatic rings. The van der Waals surface area contributed by atoms with E-state index in [0.29, 0.717) is 62.5 Å². The van der Waals surface area contributed by atoms with Gasteiger partial charge in [0.25, 0.3) is 6.43 Å². The van der Waals surface area contributed by atoms with Crippen molar-refractivity contribution >= 4 is 29.0 Å². The molecule has 3 heterocycles. The molecule has 1 aromatic carbocycles. The molecule has 1 saturated carbocycles. The van der Waals surface area contributed by atoms with Crippen LogP contribution in [0.4, 0.5) is 19.5 Å². The summed E-state index contributed by atoms with van der Waals surface area (Å²) in [7, 11) is 1.22. The number of para-hydroxylation sites is 2. The molecule has 39 heavy (non-hydrogen) atoms. The Hall–Kier alpha value is -4.07. The largest absolute Gasteiger partial charge is 0.474 e. The maximum Gasteiger partial charge on any atom is 0.407 e. The Morgan fingerprint density at radius 2 is 1.95 bits per heavy atom. The summed E-state index contributed by atoms with van der Waals surface area (Å²) in [6.07, 6.45) is -1.93. The van der Waals surface area contributed by atoms with Crippen molar-refractivity contribution in [3.63, 3.8) is 0 Å². The summed E-state index contributed by atoms with van der Waals surface area (Å²) in [5.41, 5.74) is 0.924. The van der Waals surface area contributed by atoms with Gasteiger partial charge in [0, 0.05) is 31.6 Å². The summed E-state index contributed by atoms with van der Waals surface area (Å²) in [5.74, 6) is 0.0565. The standard InChI is InChI=1S/C25H29F2N7O5/c1-37-25(36)28-14-20(35)29-15-6-7-16(12-15)39-21-13-19(31-24(32-21)33-8-10-38-11-9-33)34-18-5-3-2-4-17(18)30-23(34)22(26)27/h2-5,13,15-16,22H,6-12,14H2,1H3,(H,28,36)(H,29,35)/t15-,16-/m0/s1. The van der Waals surface area contributed by atoms with Crippen LogP contribution in [0.5, 0.6) is 5.88 Å². The third kappa shape index (κ3) is 6.16. The first-order valence-corrected chi connectivity index (χ1v) is 12.7. The first-order chi connectivity index (χ1) is 18.9. The van der Waals surface area contributed by atoms with Crippen molar-refractivity contribution in [2.75, 3.05) is 44.9 Å². The van der Waals surface area contributed by atoms with Crippen LogP contribution in [0.15, 0.2) is 30.3 Å². The second kappa shape index (κ2) is 11.8. The highest BCUT2D eigenvalue weighted by molar-refractivity contribution is 5.82. The SMILES string of the molecule is COC(=O)NCC(=O)N[C@H]1CC[C@H](Oc2cc(-n3c(C(F)F)nc4ccccc43)nc(N3CCOCC3)n2)C1. The highest BCUT2D eigenvalue weighted by atomic mass is 19.3. The number of benzene rings is 1. The minimum Gasteiger partial charge on any atom is -0.474 e. The summed E-state index contributed by atoms with van der Waals surface area (Å²) in [5, 5.41) is 5.21. The lowest BCUT2D eigenvalue weighted by Gasteiger charge is -2.27. The molecular formula is C25H29F2N7O5. The lowest BCUT2D eigenvalue weighted by Crippen LogP contribution is -2.41. The summed E-state index contributed by atoms with van der Waals surface area (Å²) in [6.45, 7) is 1.89. The van der Waals surface area contributed by atoms with Gasteiger partial charge in [-0.15, -0.1) is 0 Å². The molecule has 2 aliphatic rings. The van der Waals surface area contributed by atoms with Crippen LogP contribution < -0.4 is 20.3 Å². The summed E-state index contributed by atoms with van der Waals surface area (Å²) >= 11 is 0. The van der Waals surface area contributed by atoms with Gasteiger partial charge >= 0.3 is 6.09 Å². The molecule has 12 nitrogen and oxygen atoms in total. The number of imidazole rings is 1. The van der Waals surface area contributed by atoms with E-state index in [-0.39, 0.29) is 36.3 Å². The molecule has 0 spiro atoms. The Labute approximate surface area is 222 Å². The summed E-state index contributed by atoms with van der Waals surface area (Å²) in [4.78, 5) is 38.6. The molecule has 0 radical (unpaired) electrons. The van der Waals surface area contributed by atoms with Crippen molar-refractivity contribution in [2.45, 2.75) is 37.8 Å². The van der Waals surface area contributed by atoms with E-state index in [4.69, 9.17) is 9.47 Å². The van der Waals surface area contributed by atoms with Crippen molar-refractivity contribution < 1.29 is 32.6 Å². The van der Waals surface area contributed by atoms with Crippen LogP contribution in [-0.4, -0.2) is 83.6 Å². The van der Waals surface area contributed by atoms with Crippen molar-refractivity contribution in [2.24, 2.45) is 0 Å². The van der Waals surface area contributed by atoms with Crippen molar-refractivity contribution in [3.05, 3.63) is 36.2 Å². The number of alkyl carbamates (subject to hydrolysis) is 1. The fourth-order valence-electron chi connectivity index (χ4n) is 4.76. The van der Waals surface area contributed by atoms with Crippen molar-refractivity contribution in [3.8, 4) is 11.7 Å². The zero-order valence-corrected chi connectivity index (χ0v) is 21.3. The molecule has 2 atom stereocenters. The number of methoxy groups -OCH3 is 1. The number of nitrogens with zero attached hydrogens (tertiary/aromatic N) is 5. The molecule has 0 bridgehead atoms. The number of aromatic nitrogens is 4. The third-order valence-electron chi connectivity index (χ3n) is 6.60. The molecule has 2 aromatic heterocycles. The molecule has 1 saturated heterocycles. The number of nitrogens with one attached hydrogen (secondary N) is 2. The first kappa shape index (κ1) is 26.5. The van der Waals surface area contributed by atoms with Gasteiger partial charge < -0.3 is 29.7 Å². The molecule has 0 unspecified atom stereocenters. The second-order valence-electron chi connectivity index (χ2n) is 9.22. The Morgan fingerprint density at radius 1 is 1.15 bits per heavy atom. The number of hydrogen-bond acceptors (Lipinski definition) is 9. The van der Waals surface area contributed by atoms with Crippen LogP contribution in [0.25, 0.3) is 16.9 Å². The number of carbonyl (C=O) groups excluding carboxylic acids is 2. The number of fused-ring (bicyclic) bond motifs is 1. The first-order valence-electron chi connectivity index (χ1n) is 12.7. The number of anilines is 1. The Morgan fingerprint density at radius 3 is 2.72 bits per heavy atom. The lowest BCUT2D eigenvalue weighted by atomic mass is 10.2. The molecule has 1 aliphatic heterocycles. The number of hydrogen-bond donors (Lipinski definition) is 2. The number of rotatable bonds is 8.